The van der Waals surface area contributed by atoms with E-state index in [9.17, 15) is 0 Å². The second kappa shape index (κ2) is 13.0. The van der Waals surface area contributed by atoms with Crippen molar-refractivity contribution in [3.8, 4) is 11.1 Å². The molecule has 1 aromatic heterocycles. The molecule has 0 fully saturated rings. The van der Waals surface area contributed by atoms with Gasteiger partial charge < -0.3 is 9.80 Å². The van der Waals surface area contributed by atoms with E-state index in [0.717, 1.165) is 22.7 Å². The molecule has 0 bridgehead atoms. The number of hydrogen-bond donors (Lipinski definition) is 0. The molecule has 1 aliphatic heterocycles. The molecule has 10 rings (SSSR count). The number of thioether (sulfide) groups is 1. The lowest BCUT2D eigenvalue weighted by molar-refractivity contribution is 0.615. The number of para-hydroxylation sites is 2. The van der Waals surface area contributed by atoms with Crippen LogP contribution in [-0.4, -0.2) is 5.25 Å². The predicted octanol–water partition coefficient (Wildman–Crippen LogP) is 14.2. The molecule has 0 amide bonds. The Hall–Kier alpha value is -5.81. The summed E-state index contributed by atoms with van der Waals surface area (Å²) in [7, 11) is 0. The lowest BCUT2D eigenvalue weighted by atomic mass is 9.76. The number of allylic oxidation sites excluding steroid dienone is 2. The fourth-order valence-electron chi connectivity index (χ4n) is 7.98. The van der Waals surface area contributed by atoms with Gasteiger partial charge in [-0.15, -0.1) is 23.1 Å². The maximum absolute atomic E-state index is 2.48. The number of rotatable bonds is 7. The van der Waals surface area contributed by atoms with Crippen molar-refractivity contribution in [3.63, 3.8) is 0 Å². The van der Waals surface area contributed by atoms with E-state index in [-0.39, 0.29) is 10.7 Å². The highest BCUT2D eigenvalue weighted by Crippen LogP contribution is 2.58. The van der Waals surface area contributed by atoms with Crippen molar-refractivity contribution < 1.29 is 0 Å². The SMILES string of the molecule is CC12C=CC(N(c3ccccc3)c3ccccc3)=CC1Sc1c(N(c3ccc(-c4ccccc4)cc3)c3ccc4c(c3)sc3ccccc34)cccc12. The van der Waals surface area contributed by atoms with Gasteiger partial charge in [-0.2, -0.15) is 0 Å². The summed E-state index contributed by atoms with van der Waals surface area (Å²) in [5.41, 5.74) is 10.7. The van der Waals surface area contributed by atoms with E-state index in [4.69, 9.17) is 0 Å². The first-order valence-corrected chi connectivity index (χ1v) is 19.8. The molecule has 1 aliphatic carbocycles. The highest BCUT2D eigenvalue weighted by Gasteiger charge is 2.45. The topological polar surface area (TPSA) is 6.48 Å². The van der Waals surface area contributed by atoms with E-state index in [1.165, 1.54) is 53.1 Å². The Labute approximate surface area is 319 Å². The highest BCUT2D eigenvalue weighted by atomic mass is 32.2. The average molecular weight is 717 g/mol. The zero-order valence-corrected chi connectivity index (χ0v) is 30.9. The monoisotopic (exact) mass is 716 g/mol. The summed E-state index contributed by atoms with van der Waals surface area (Å²) in [4.78, 5) is 6.18. The van der Waals surface area contributed by atoms with E-state index in [1.807, 2.05) is 23.1 Å². The number of fused-ring (bicyclic) bond motifs is 6. The smallest absolute Gasteiger partial charge is 0.0600 e. The van der Waals surface area contributed by atoms with Crippen LogP contribution in [0.3, 0.4) is 0 Å². The van der Waals surface area contributed by atoms with Gasteiger partial charge in [0.25, 0.3) is 0 Å². The van der Waals surface area contributed by atoms with Crippen molar-refractivity contribution in [2.24, 2.45) is 0 Å². The molecule has 8 aromatic rings. The first kappa shape index (κ1) is 31.9. The van der Waals surface area contributed by atoms with Crippen molar-refractivity contribution in [2.45, 2.75) is 22.5 Å². The fraction of sp³-hybridized carbons (Fsp3) is 0.0612. The number of nitrogens with zero attached hydrogens (tertiary/aromatic N) is 2. The van der Waals surface area contributed by atoms with Gasteiger partial charge in [-0.25, -0.2) is 0 Å². The van der Waals surface area contributed by atoms with E-state index in [2.05, 4.69) is 211 Å². The maximum atomic E-state index is 2.48. The van der Waals surface area contributed by atoms with Crippen LogP contribution in [0.2, 0.25) is 0 Å². The summed E-state index contributed by atoms with van der Waals surface area (Å²) >= 11 is 3.86. The Morgan fingerprint density at radius 3 is 1.85 bits per heavy atom. The van der Waals surface area contributed by atoms with Gasteiger partial charge in [-0.1, -0.05) is 128 Å². The van der Waals surface area contributed by atoms with Gasteiger partial charge in [0, 0.05) is 64.2 Å². The van der Waals surface area contributed by atoms with Gasteiger partial charge >= 0.3 is 0 Å². The van der Waals surface area contributed by atoms with Crippen LogP contribution in [-0.2, 0) is 5.41 Å². The molecule has 2 atom stereocenters. The van der Waals surface area contributed by atoms with Crippen LogP contribution in [0.25, 0.3) is 31.3 Å². The highest BCUT2D eigenvalue weighted by molar-refractivity contribution is 8.00. The van der Waals surface area contributed by atoms with Crippen LogP contribution in [0, 0.1) is 0 Å². The second-order valence-corrected chi connectivity index (χ2v) is 16.2. The largest absolute Gasteiger partial charge is 0.311 e. The molecular weight excluding hydrogens is 681 g/mol. The zero-order valence-electron chi connectivity index (χ0n) is 29.3. The second-order valence-electron chi connectivity index (χ2n) is 13.9. The summed E-state index contributed by atoms with van der Waals surface area (Å²) in [6.45, 7) is 2.40. The van der Waals surface area contributed by atoms with Crippen LogP contribution in [0.1, 0.15) is 12.5 Å². The molecule has 254 valence electrons. The fourth-order valence-corrected chi connectivity index (χ4v) is 10.7. The molecule has 7 aromatic carbocycles. The number of anilines is 5. The Kier molecular flexibility index (Phi) is 7.82. The molecule has 0 N–H and O–H groups in total. The van der Waals surface area contributed by atoms with E-state index in [0.29, 0.717) is 0 Å². The Morgan fingerprint density at radius 1 is 0.509 bits per heavy atom. The normalized spacial score (nSPS) is 17.4. The molecule has 2 aliphatic rings. The third-order valence-electron chi connectivity index (χ3n) is 10.7. The average Bonchev–Trinajstić information content (AvgIpc) is 3.74. The van der Waals surface area contributed by atoms with Crippen LogP contribution in [0.4, 0.5) is 28.4 Å². The van der Waals surface area contributed by atoms with Gasteiger partial charge in [0.1, 0.15) is 0 Å². The minimum atomic E-state index is -0.156. The first-order valence-electron chi connectivity index (χ1n) is 18.1. The summed E-state index contributed by atoms with van der Waals surface area (Å²) < 4.78 is 2.62. The van der Waals surface area contributed by atoms with Crippen LogP contribution in [0.15, 0.2) is 205 Å². The molecule has 2 unspecified atom stereocenters. The summed E-state index contributed by atoms with van der Waals surface area (Å²) in [6.07, 6.45) is 7.25. The van der Waals surface area contributed by atoms with Gasteiger partial charge in [0.05, 0.1) is 5.69 Å². The van der Waals surface area contributed by atoms with Crippen LogP contribution >= 0.6 is 23.1 Å². The quantitative estimate of drug-likeness (QED) is 0.162. The number of hydrogen-bond acceptors (Lipinski definition) is 4. The van der Waals surface area contributed by atoms with Gasteiger partial charge in [-0.3, -0.25) is 0 Å². The molecule has 2 nitrogen and oxygen atoms in total. The van der Waals surface area contributed by atoms with E-state index >= 15 is 0 Å². The van der Waals surface area contributed by atoms with Gasteiger partial charge in [-0.05, 0) is 89.5 Å². The Bertz CT molecular complexity index is 2620. The third-order valence-corrected chi connectivity index (χ3v) is 13.4. The molecule has 0 spiro atoms. The minimum absolute atomic E-state index is 0.156. The molecule has 4 heteroatoms. The van der Waals surface area contributed by atoms with Gasteiger partial charge in [0.2, 0.25) is 0 Å². The zero-order chi connectivity index (χ0) is 35.4. The lowest BCUT2D eigenvalue weighted by Crippen LogP contribution is -2.31. The predicted molar refractivity (Wildman–Crippen MR) is 229 cm³/mol. The molecule has 0 saturated heterocycles. The third kappa shape index (κ3) is 5.49. The lowest BCUT2D eigenvalue weighted by Gasteiger charge is -2.34. The molecule has 0 saturated carbocycles. The van der Waals surface area contributed by atoms with Gasteiger partial charge in [0.15, 0.2) is 0 Å². The molecular formula is C49H36N2S2. The van der Waals surface area contributed by atoms with Crippen molar-refractivity contribution in [1.82, 2.24) is 0 Å². The molecule has 0 radical (unpaired) electrons. The molecule has 53 heavy (non-hydrogen) atoms. The number of benzene rings is 7. The minimum Gasteiger partial charge on any atom is -0.311 e. The number of thiophene rings is 1. The maximum Gasteiger partial charge on any atom is 0.0600 e. The van der Waals surface area contributed by atoms with E-state index < -0.39 is 0 Å². The van der Waals surface area contributed by atoms with Crippen molar-refractivity contribution in [2.75, 3.05) is 9.80 Å². The first-order chi connectivity index (χ1) is 26.1. The molecule has 2 heterocycles. The van der Waals surface area contributed by atoms with Crippen molar-refractivity contribution >= 4 is 71.7 Å². The van der Waals surface area contributed by atoms with Crippen LogP contribution < -0.4 is 9.80 Å². The summed E-state index contributed by atoms with van der Waals surface area (Å²) in [6, 6.07) is 63.8. The van der Waals surface area contributed by atoms with E-state index in [1.54, 1.807) is 0 Å². The summed E-state index contributed by atoms with van der Waals surface area (Å²) in [5, 5.41) is 2.85. The Balaban J connectivity index is 1.10. The Morgan fingerprint density at radius 2 is 1.11 bits per heavy atom. The standard InChI is InChI=1S/C49H36N2S2/c1-49-31-30-40(50(36-16-7-3-8-17-36)37-18-9-4-10-19-37)33-47(49)53-48-43(49)21-13-22-44(48)51(38-26-24-35(25-27-38)34-14-5-2-6-15-34)39-28-29-42-41-20-11-12-23-45(41)52-46(42)32-39/h2-33,47H,1H3. The summed E-state index contributed by atoms with van der Waals surface area (Å²) in [5.74, 6) is 0. The van der Waals surface area contributed by atoms with Crippen molar-refractivity contribution in [1.29, 1.82) is 0 Å². The van der Waals surface area contributed by atoms with Crippen LogP contribution in [0.5, 0.6) is 0 Å². The van der Waals surface area contributed by atoms with Crippen molar-refractivity contribution in [3.05, 3.63) is 205 Å².